The van der Waals surface area contributed by atoms with Gasteiger partial charge in [-0.3, -0.25) is 9.89 Å². The van der Waals surface area contributed by atoms with Gasteiger partial charge in [0.15, 0.2) is 0 Å². The van der Waals surface area contributed by atoms with Crippen molar-refractivity contribution >= 4 is 5.91 Å². The van der Waals surface area contributed by atoms with Gasteiger partial charge in [-0.15, -0.1) is 5.10 Å². The Labute approximate surface area is 106 Å². The van der Waals surface area contributed by atoms with Gasteiger partial charge in [0.2, 0.25) is 5.82 Å². The van der Waals surface area contributed by atoms with E-state index in [0.717, 1.165) is 18.9 Å². The van der Waals surface area contributed by atoms with E-state index >= 15 is 0 Å². The average molecular weight is 253 g/mol. The standard InChI is InChI=1S/C11H19N5O2/c1-7(2)9-14-10(16-15-9)11(17)13-6-8-5-12-3-4-18-8/h7-8,12H,3-6H2,1-2H3,(H,13,17)(H,14,15,16). The Hall–Kier alpha value is -1.47. The van der Waals surface area contributed by atoms with Gasteiger partial charge in [0.05, 0.1) is 12.7 Å². The summed E-state index contributed by atoms with van der Waals surface area (Å²) in [4.78, 5) is 15.9. The largest absolute Gasteiger partial charge is 0.374 e. The van der Waals surface area contributed by atoms with Crippen LogP contribution in [0.15, 0.2) is 0 Å². The van der Waals surface area contributed by atoms with E-state index in [2.05, 4.69) is 25.8 Å². The molecule has 1 amide bonds. The zero-order valence-electron chi connectivity index (χ0n) is 10.7. The van der Waals surface area contributed by atoms with Gasteiger partial charge < -0.3 is 15.4 Å². The second-order valence-electron chi connectivity index (χ2n) is 4.61. The summed E-state index contributed by atoms with van der Waals surface area (Å²) in [6.07, 6.45) is 0.0196. The average Bonchev–Trinajstić information content (AvgIpc) is 2.87. The number of carbonyl (C=O) groups is 1. The summed E-state index contributed by atoms with van der Waals surface area (Å²) >= 11 is 0. The molecule has 2 rings (SSSR count). The van der Waals surface area contributed by atoms with E-state index in [1.165, 1.54) is 0 Å². The number of H-pyrrole nitrogens is 1. The molecule has 1 unspecified atom stereocenters. The van der Waals surface area contributed by atoms with Gasteiger partial charge in [-0.25, -0.2) is 4.98 Å². The molecule has 0 aromatic carbocycles. The first-order valence-corrected chi connectivity index (χ1v) is 6.19. The molecule has 1 saturated heterocycles. The van der Waals surface area contributed by atoms with Crippen LogP contribution in [0.4, 0.5) is 0 Å². The molecule has 3 N–H and O–H groups in total. The van der Waals surface area contributed by atoms with Crippen molar-refractivity contribution in [1.29, 1.82) is 0 Å². The summed E-state index contributed by atoms with van der Waals surface area (Å²) < 4.78 is 5.48. The van der Waals surface area contributed by atoms with E-state index in [9.17, 15) is 4.79 Å². The molecule has 0 radical (unpaired) electrons. The summed E-state index contributed by atoms with van der Waals surface area (Å²) in [5.74, 6) is 0.857. The highest BCUT2D eigenvalue weighted by Crippen LogP contribution is 2.07. The third kappa shape index (κ3) is 3.27. The number of hydrogen-bond acceptors (Lipinski definition) is 5. The highest BCUT2D eigenvalue weighted by atomic mass is 16.5. The lowest BCUT2D eigenvalue weighted by molar-refractivity contribution is 0.0286. The van der Waals surface area contributed by atoms with Crippen LogP contribution in [-0.4, -0.2) is 53.4 Å². The molecule has 7 heteroatoms. The van der Waals surface area contributed by atoms with Crippen molar-refractivity contribution in [2.24, 2.45) is 0 Å². The number of aromatic amines is 1. The third-order valence-electron chi connectivity index (χ3n) is 2.75. The summed E-state index contributed by atoms with van der Waals surface area (Å²) in [5.41, 5.74) is 0. The number of amides is 1. The lowest BCUT2D eigenvalue weighted by Crippen LogP contribution is -2.45. The molecule has 0 bridgehead atoms. The monoisotopic (exact) mass is 253 g/mol. The van der Waals surface area contributed by atoms with Crippen LogP contribution in [0.2, 0.25) is 0 Å². The maximum atomic E-state index is 11.8. The lowest BCUT2D eigenvalue weighted by atomic mass is 10.2. The Morgan fingerprint density at radius 1 is 1.61 bits per heavy atom. The van der Waals surface area contributed by atoms with Crippen LogP contribution >= 0.6 is 0 Å². The fourth-order valence-electron chi connectivity index (χ4n) is 1.67. The Morgan fingerprint density at radius 2 is 2.44 bits per heavy atom. The number of nitrogens with zero attached hydrogens (tertiary/aromatic N) is 2. The maximum absolute atomic E-state index is 11.8. The molecular weight excluding hydrogens is 234 g/mol. The molecule has 100 valence electrons. The van der Waals surface area contributed by atoms with Crippen molar-refractivity contribution in [1.82, 2.24) is 25.8 Å². The lowest BCUT2D eigenvalue weighted by Gasteiger charge is -2.23. The van der Waals surface area contributed by atoms with Crippen molar-refractivity contribution in [3.8, 4) is 0 Å². The molecule has 2 heterocycles. The number of morpholine rings is 1. The molecular formula is C11H19N5O2. The van der Waals surface area contributed by atoms with Gasteiger partial charge in [0.1, 0.15) is 5.82 Å². The van der Waals surface area contributed by atoms with Crippen LogP contribution in [0.5, 0.6) is 0 Å². The smallest absolute Gasteiger partial charge is 0.291 e. The van der Waals surface area contributed by atoms with Crippen molar-refractivity contribution in [2.45, 2.75) is 25.9 Å². The van der Waals surface area contributed by atoms with E-state index in [1.54, 1.807) is 0 Å². The van der Waals surface area contributed by atoms with Crippen molar-refractivity contribution in [2.75, 3.05) is 26.2 Å². The summed E-state index contributed by atoms with van der Waals surface area (Å²) in [5, 5.41) is 12.6. The number of aromatic nitrogens is 3. The third-order valence-corrected chi connectivity index (χ3v) is 2.75. The first-order chi connectivity index (χ1) is 8.66. The van der Waals surface area contributed by atoms with Gasteiger partial charge in [-0.05, 0) is 0 Å². The molecule has 1 aliphatic rings. The molecule has 0 aliphatic carbocycles. The predicted molar refractivity (Wildman–Crippen MR) is 65.4 cm³/mol. The van der Waals surface area contributed by atoms with Crippen LogP contribution in [0.1, 0.15) is 36.2 Å². The molecule has 7 nitrogen and oxygen atoms in total. The summed E-state index contributed by atoms with van der Waals surface area (Å²) in [6.45, 7) is 6.75. The SMILES string of the molecule is CC(C)c1nc(C(=O)NCC2CNCCO2)n[nH]1. The molecule has 1 fully saturated rings. The number of ether oxygens (including phenoxy) is 1. The van der Waals surface area contributed by atoms with Crippen LogP contribution in [0.25, 0.3) is 0 Å². The first-order valence-electron chi connectivity index (χ1n) is 6.19. The fraction of sp³-hybridized carbons (Fsp3) is 0.727. The van der Waals surface area contributed by atoms with Crippen molar-refractivity contribution in [3.05, 3.63) is 11.6 Å². The Morgan fingerprint density at radius 3 is 3.06 bits per heavy atom. The van der Waals surface area contributed by atoms with Crippen molar-refractivity contribution < 1.29 is 9.53 Å². The predicted octanol–water partition coefficient (Wildman–Crippen LogP) is -0.354. The summed E-state index contributed by atoms with van der Waals surface area (Å²) in [7, 11) is 0. The first kappa shape index (κ1) is 13.0. The maximum Gasteiger partial charge on any atom is 0.291 e. The number of hydrogen-bond donors (Lipinski definition) is 3. The molecule has 1 aromatic heterocycles. The van der Waals surface area contributed by atoms with E-state index in [1.807, 2.05) is 13.8 Å². The Balaban J connectivity index is 1.83. The number of carbonyl (C=O) groups excluding carboxylic acids is 1. The second-order valence-corrected chi connectivity index (χ2v) is 4.61. The van der Waals surface area contributed by atoms with Gasteiger partial charge in [-0.2, -0.15) is 0 Å². The van der Waals surface area contributed by atoms with Crippen LogP contribution in [-0.2, 0) is 4.74 Å². The van der Waals surface area contributed by atoms with Gasteiger partial charge >= 0.3 is 0 Å². The topological polar surface area (TPSA) is 91.9 Å². The molecule has 18 heavy (non-hydrogen) atoms. The van der Waals surface area contributed by atoms with Crippen LogP contribution in [0.3, 0.4) is 0 Å². The molecule has 1 aromatic rings. The summed E-state index contributed by atoms with van der Waals surface area (Å²) in [6, 6.07) is 0. The number of nitrogens with one attached hydrogen (secondary N) is 3. The van der Waals surface area contributed by atoms with E-state index < -0.39 is 0 Å². The minimum atomic E-state index is -0.271. The normalized spacial score (nSPS) is 20.1. The zero-order valence-corrected chi connectivity index (χ0v) is 10.7. The van der Waals surface area contributed by atoms with E-state index in [0.29, 0.717) is 13.2 Å². The van der Waals surface area contributed by atoms with E-state index in [-0.39, 0.29) is 23.8 Å². The fourth-order valence-corrected chi connectivity index (χ4v) is 1.67. The van der Waals surface area contributed by atoms with Gasteiger partial charge in [-0.1, -0.05) is 13.8 Å². The Bertz CT molecular complexity index is 398. The van der Waals surface area contributed by atoms with E-state index in [4.69, 9.17) is 4.74 Å². The van der Waals surface area contributed by atoms with Gasteiger partial charge in [0, 0.05) is 25.6 Å². The molecule has 0 saturated carbocycles. The molecule has 0 spiro atoms. The molecule has 1 atom stereocenters. The minimum absolute atomic E-state index is 0.0196. The Kier molecular flexibility index (Phi) is 4.27. The van der Waals surface area contributed by atoms with Gasteiger partial charge in [0.25, 0.3) is 5.91 Å². The van der Waals surface area contributed by atoms with Crippen molar-refractivity contribution in [3.63, 3.8) is 0 Å². The van der Waals surface area contributed by atoms with Crippen LogP contribution < -0.4 is 10.6 Å². The number of rotatable bonds is 4. The van der Waals surface area contributed by atoms with Crippen LogP contribution in [0, 0.1) is 0 Å². The highest BCUT2D eigenvalue weighted by Gasteiger charge is 2.17. The highest BCUT2D eigenvalue weighted by molar-refractivity contribution is 5.90. The quantitative estimate of drug-likeness (QED) is 0.682. The minimum Gasteiger partial charge on any atom is -0.374 e. The molecule has 1 aliphatic heterocycles. The zero-order chi connectivity index (χ0) is 13.0. The second kappa shape index (κ2) is 5.92.